The zero-order chi connectivity index (χ0) is 26.3. The number of ketones is 1. The molecule has 188 valence electrons. The molecule has 0 aliphatic carbocycles. The number of aromatic nitrogens is 1. The fraction of sp³-hybridized carbons (Fsp3) is 0.148. The van der Waals surface area contributed by atoms with E-state index in [1.807, 2.05) is 0 Å². The van der Waals surface area contributed by atoms with Crippen molar-refractivity contribution in [1.29, 1.82) is 0 Å². The van der Waals surface area contributed by atoms with E-state index in [0.29, 0.717) is 22.6 Å². The lowest BCUT2D eigenvalue weighted by Crippen LogP contribution is -2.29. The molecule has 37 heavy (non-hydrogen) atoms. The lowest BCUT2D eigenvalue weighted by molar-refractivity contribution is -0.132. The Labute approximate surface area is 215 Å². The molecule has 2 heterocycles. The van der Waals surface area contributed by atoms with Crippen molar-refractivity contribution in [2.75, 3.05) is 26.2 Å². The van der Waals surface area contributed by atoms with Gasteiger partial charge in [-0.25, -0.2) is 9.37 Å². The maximum absolute atomic E-state index is 13.6. The normalized spacial score (nSPS) is 16.9. The van der Waals surface area contributed by atoms with Gasteiger partial charge in [0.2, 0.25) is 0 Å². The van der Waals surface area contributed by atoms with Crippen molar-refractivity contribution in [3.05, 3.63) is 83.2 Å². The van der Waals surface area contributed by atoms with Gasteiger partial charge < -0.3 is 19.3 Å². The maximum atomic E-state index is 13.6. The Bertz CT molecular complexity index is 1560. The quantitative estimate of drug-likeness (QED) is 0.215. The summed E-state index contributed by atoms with van der Waals surface area (Å²) in [4.78, 5) is 32.7. The molecular weight excluding hydrogens is 499 g/mol. The number of Topliss-reactive ketones (excluding diaryl/α,β-unsaturated/α-hetero) is 1. The molecule has 0 spiro atoms. The van der Waals surface area contributed by atoms with Crippen molar-refractivity contribution < 1.29 is 33.3 Å². The van der Waals surface area contributed by atoms with Crippen LogP contribution in [0.1, 0.15) is 17.2 Å². The van der Waals surface area contributed by atoms with Gasteiger partial charge in [0, 0.05) is 11.1 Å². The van der Waals surface area contributed by atoms with Crippen LogP contribution < -0.4 is 19.1 Å². The first-order valence-corrected chi connectivity index (χ1v) is 11.9. The number of rotatable bonds is 6. The predicted molar refractivity (Wildman–Crippen MR) is 137 cm³/mol. The molecule has 0 bridgehead atoms. The number of ether oxygens (including phenoxy) is 3. The Morgan fingerprint density at radius 2 is 1.76 bits per heavy atom. The molecule has 1 N–H and O–H groups in total. The minimum absolute atomic E-state index is 0.181. The van der Waals surface area contributed by atoms with Gasteiger partial charge in [0.1, 0.15) is 23.4 Å². The second-order valence-corrected chi connectivity index (χ2v) is 9.10. The topological polar surface area (TPSA) is 98.2 Å². The van der Waals surface area contributed by atoms with Crippen LogP contribution in [0.3, 0.4) is 0 Å². The van der Waals surface area contributed by atoms with Crippen molar-refractivity contribution in [2.24, 2.45) is 0 Å². The number of nitrogens with zero attached hydrogens (tertiary/aromatic N) is 2. The monoisotopic (exact) mass is 520 g/mol. The molecule has 0 saturated carbocycles. The van der Waals surface area contributed by atoms with Crippen LogP contribution in [-0.4, -0.2) is 43.1 Å². The number of hydrogen-bond acceptors (Lipinski definition) is 8. The summed E-state index contributed by atoms with van der Waals surface area (Å²) < 4.78 is 30.6. The number of aliphatic hydroxyl groups excluding tert-OH is 1. The van der Waals surface area contributed by atoms with E-state index in [4.69, 9.17) is 14.2 Å². The first-order chi connectivity index (χ1) is 17.9. The second kappa shape index (κ2) is 9.55. The summed E-state index contributed by atoms with van der Waals surface area (Å²) in [5.74, 6) is -1.45. The lowest BCUT2D eigenvalue weighted by atomic mass is 9.94. The SMILES string of the molecule is COc1ccc2nc(N3C(=O)C(=O)C(=C(O)c4ccc(F)cc4)[C@@H]3c3cccc(OC)c3OC)sc2c1. The molecule has 1 aliphatic rings. The van der Waals surface area contributed by atoms with E-state index in [1.165, 1.54) is 42.6 Å². The van der Waals surface area contributed by atoms with Crippen LogP contribution in [0.4, 0.5) is 9.52 Å². The summed E-state index contributed by atoms with van der Waals surface area (Å²) in [5.41, 5.74) is 1.01. The lowest BCUT2D eigenvalue weighted by Gasteiger charge is -2.25. The maximum Gasteiger partial charge on any atom is 0.301 e. The number of thiazole rings is 1. The van der Waals surface area contributed by atoms with Gasteiger partial charge in [-0.3, -0.25) is 14.5 Å². The van der Waals surface area contributed by atoms with E-state index in [2.05, 4.69) is 4.98 Å². The van der Waals surface area contributed by atoms with Crippen molar-refractivity contribution in [1.82, 2.24) is 4.98 Å². The number of halogens is 1. The summed E-state index contributed by atoms with van der Waals surface area (Å²) >= 11 is 1.20. The van der Waals surface area contributed by atoms with Crippen LogP contribution in [0.15, 0.2) is 66.2 Å². The smallest absolute Gasteiger partial charge is 0.301 e. The number of benzene rings is 3. The van der Waals surface area contributed by atoms with E-state index in [1.54, 1.807) is 43.5 Å². The van der Waals surface area contributed by atoms with Crippen LogP contribution in [0.5, 0.6) is 17.2 Å². The molecule has 0 radical (unpaired) electrons. The second-order valence-electron chi connectivity index (χ2n) is 8.09. The summed E-state index contributed by atoms with van der Waals surface area (Å²) in [6.07, 6.45) is 0. The summed E-state index contributed by atoms with van der Waals surface area (Å²) in [7, 11) is 4.46. The zero-order valence-electron chi connectivity index (χ0n) is 20.0. The zero-order valence-corrected chi connectivity index (χ0v) is 20.8. The Morgan fingerprint density at radius 1 is 1.00 bits per heavy atom. The van der Waals surface area contributed by atoms with E-state index in [9.17, 15) is 19.1 Å². The molecule has 5 rings (SSSR count). The third kappa shape index (κ3) is 4.05. The van der Waals surface area contributed by atoms with Gasteiger partial charge in [0.25, 0.3) is 5.78 Å². The van der Waals surface area contributed by atoms with Crippen LogP contribution in [0.25, 0.3) is 16.0 Å². The average molecular weight is 521 g/mol. The van der Waals surface area contributed by atoms with Crippen molar-refractivity contribution >= 4 is 44.1 Å². The summed E-state index contributed by atoms with van der Waals surface area (Å²) in [6, 6.07) is 14.2. The number of aliphatic hydroxyl groups is 1. The summed E-state index contributed by atoms with van der Waals surface area (Å²) in [6.45, 7) is 0. The fourth-order valence-corrected chi connectivity index (χ4v) is 5.36. The van der Waals surface area contributed by atoms with Gasteiger partial charge in [-0.05, 0) is 48.5 Å². The molecule has 1 saturated heterocycles. The molecule has 8 nitrogen and oxygen atoms in total. The molecule has 1 atom stereocenters. The van der Waals surface area contributed by atoms with Crippen LogP contribution in [0.2, 0.25) is 0 Å². The summed E-state index contributed by atoms with van der Waals surface area (Å²) in [5, 5.41) is 11.5. The first-order valence-electron chi connectivity index (χ1n) is 11.1. The number of anilines is 1. The predicted octanol–water partition coefficient (Wildman–Crippen LogP) is 5.09. The molecule has 1 fully saturated rings. The Kier molecular flexibility index (Phi) is 6.26. The molecule has 4 aromatic rings. The highest BCUT2D eigenvalue weighted by Gasteiger charge is 2.49. The molecule has 0 unspecified atom stereocenters. The average Bonchev–Trinajstić information content (AvgIpc) is 3.45. The van der Waals surface area contributed by atoms with Gasteiger partial charge in [0.05, 0.1) is 37.1 Å². The van der Waals surface area contributed by atoms with Crippen LogP contribution in [-0.2, 0) is 9.59 Å². The Hall–Kier alpha value is -4.44. The molecular formula is C27H21FN2O6S. The van der Waals surface area contributed by atoms with E-state index >= 15 is 0 Å². The minimum Gasteiger partial charge on any atom is -0.507 e. The number of para-hydroxylation sites is 1. The fourth-order valence-electron chi connectivity index (χ4n) is 4.34. The highest BCUT2D eigenvalue weighted by Crippen LogP contribution is 2.48. The van der Waals surface area contributed by atoms with E-state index in [-0.39, 0.29) is 22.0 Å². The van der Waals surface area contributed by atoms with E-state index in [0.717, 1.165) is 16.8 Å². The number of carbonyl (C=O) groups excluding carboxylic acids is 2. The highest BCUT2D eigenvalue weighted by atomic mass is 32.1. The Balaban J connectivity index is 1.77. The molecule has 10 heteroatoms. The first kappa shape index (κ1) is 24.3. The number of fused-ring (bicyclic) bond motifs is 1. The van der Waals surface area contributed by atoms with E-state index < -0.39 is 29.3 Å². The standard InChI is InChI=1S/C27H21FN2O6S/c1-34-16-11-12-18-20(13-16)37-27(29-18)30-22(17-5-4-6-19(35-2)25(17)36-3)21(24(32)26(30)33)23(31)14-7-9-15(28)10-8-14/h4-13,22,31H,1-3H3/t22-/m0/s1. The van der Waals surface area contributed by atoms with Gasteiger partial charge in [-0.2, -0.15) is 0 Å². The number of amides is 1. The molecule has 1 amide bonds. The highest BCUT2D eigenvalue weighted by molar-refractivity contribution is 7.22. The number of hydrogen-bond donors (Lipinski definition) is 1. The largest absolute Gasteiger partial charge is 0.507 e. The molecule has 3 aromatic carbocycles. The van der Waals surface area contributed by atoms with Gasteiger partial charge >= 0.3 is 5.91 Å². The van der Waals surface area contributed by atoms with Crippen LogP contribution in [0, 0.1) is 5.82 Å². The minimum atomic E-state index is -1.10. The Morgan fingerprint density at radius 3 is 2.43 bits per heavy atom. The van der Waals surface area contributed by atoms with Gasteiger partial charge in [-0.15, -0.1) is 0 Å². The number of carbonyl (C=O) groups is 2. The van der Waals surface area contributed by atoms with Crippen molar-refractivity contribution in [3.8, 4) is 17.2 Å². The van der Waals surface area contributed by atoms with Crippen molar-refractivity contribution in [2.45, 2.75) is 6.04 Å². The molecule has 1 aromatic heterocycles. The third-order valence-electron chi connectivity index (χ3n) is 6.08. The third-order valence-corrected chi connectivity index (χ3v) is 7.10. The van der Waals surface area contributed by atoms with Crippen molar-refractivity contribution in [3.63, 3.8) is 0 Å². The van der Waals surface area contributed by atoms with Gasteiger partial charge in [-0.1, -0.05) is 23.5 Å². The molecule has 1 aliphatic heterocycles. The number of methoxy groups -OCH3 is 3. The van der Waals surface area contributed by atoms with Gasteiger partial charge in [0.15, 0.2) is 16.6 Å². The van der Waals surface area contributed by atoms with Crippen LogP contribution >= 0.6 is 11.3 Å².